The van der Waals surface area contributed by atoms with Gasteiger partial charge in [-0.1, -0.05) is 140 Å². The van der Waals surface area contributed by atoms with Gasteiger partial charge in [-0.2, -0.15) is 0 Å². The third-order valence-corrected chi connectivity index (χ3v) is 9.86. The average Bonchev–Trinajstić information content (AvgIpc) is 3.11. The molecule has 8 nitrogen and oxygen atoms in total. The number of esters is 1. The second kappa shape index (κ2) is 37.4. The SMILES string of the molecule is CC/C=C\C/C=C\C/C=C\CCCCCCOCC(COP(=O)(O)OCC[N+](C)(C)C)OC(=O)CCCCCCCCC/C=C\CCCCCCCC. The van der Waals surface area contributed by atoms with Crippen LogP contribution < -0.4 is 0 Å². The Morgan fingerprint density at radius 1 is 0.604 bits per heavy atom. The van der Waals surface area contributed by atoms with E-state index in [4.69, 9.17) is 18.5 Å². The molecule has 0 aliphatic heterocycles. The van der Waals surface area contributed by atoms with Crippen LogP contribution >= 0.6 is 7.82 Å². The fourth-order valence-corrected chi connectivity index (χ4v) is 6.30. The lowest BCUT2D eigenvalue weighted by molar-refractivity contribution is -0.870. The number of unbranched alkanes of at least 4 members (excludes halogenated alkanes) is 17. The summed E-state index contributed by atoms with van der Waals surface area (Å²) in [4.78, 5) is 22.9. The van der Waals surface area contributed by atoms with E-state index in [1.54, 1.807) is 0 Å². The summed E-state index contributed by atoms with van der Waals surface area (Å²) in [5.41, 5.74) is 0. The van der Waals surface area contributed by atoms with Crippen molar-refractivity contribution in [2.24, 2.45) is 0 Å². The van der Waals surface area contributed by atoms with Gasteiger partial charge in [-0.15, -0.1) is 0 Å². The van der Waals surface area contributed by atoms with E-state index in [0.29, 0.717) is 24.1 Å². The summed E-state index contributed by atoms with van der Waals surface area (Å²) in [6, 6.07) is 0. The normalized spacial score (nSPS) is 14.3. The number of rotatable bonds is 39. The lowest BCUT2D eigenvalue weighted by Crippen LogP contribution is -2.37. The molecule has 0 aromatic rings. The first-order chi connectivity index (χ1) is 25.6. The predicted molar refractivity (Wildman–Crippen MR) is 224 cm³/mol. The molecule has 0 saturated heterocycles. The Labute approximate surface area is 327 Å². The molecule has 0 fully saturated rings. The zero-order valence-electron chi connectivity index (χ0n) is 35.0. The van der Waals surface area contributed by atoms with Gasteiger partial charge < -0.3 is 18.9 Å². The average molecular weight is 769 g/mol. The van der Waals surface area contributed by atoms with Gasteiger partial charge in [-0.3, -0.25) is 13.8 Å². The number of ether oxygens (including phenoxy) is 2. The minimum absolute atomic E-state index is 0.0817. The first kappa shape index (κ1) is 51.5. The molecule has 0 amide bonds. The van der Waals surface area contributed by atoms with E-state index in [2.05, 4.69) is 62.5 Å². The number of phosphoric acid groups is 1. The quantitative estimate of drug-likeness (QED) is 0.0219. The van der Waals surface area contributed by atoms with Gasteiger partial charge in [-0.25, -0.2) is 4.57 Å². The number of hydrogen-bond acceptors (Lipinski definition) is 6. The molecule has 0 aliphatic rings. The number of likely N-dealkylation sites (N-methyl/N-ethyl adjacent to an activating group) is 1. The molecule has 2 unspecified atom stereocenters. The van der Waals surface area contributed by atoms with Crippen LogP contribution in [0.15, 0.2) is 48.6 Å². The van der Waals surface area contributed by atoms with Crippen LogP contribution in [0.2, 0.25) is 0 Å². The van der Waals surface area contributed by atoms with Crippen molar-refractivity contribution in [2.45, 2.75) is 174 Å². The monoisotopic (exact) mass is 769 g/mol. The molecule has 0 spiro atoms. The van der Waals surface area contributed by atoms with E-state index in [1.165, 1.54) is 77.0 Å². The molecule has 2 atom stereocenters. The van der Waals surface area contributed by atoms with Crippen LogP contribution in [0.25, 0.3) is 0 Å². The van der Waals surface area contributed by atoms with E-state index in [9.17, 15) is 14.3 Å². The van der Waals surface area contributed by atoms with Crippen LogP contribution in [-0.4, -0.2) is 75.6 Å². The predicted octanol–water partition coefficient (Wildman–Crippen LogP) is 12.4. The Hall–Kier alpha value is -1.54. The highest BCUT2D eigenvalue weighted by Gasteiger charge is 2.26. The van der Waals surface area contributed by atoms with Gasteiger partial charge in [-0.05, 0) is 70.6 Å². The van der Waals surface area contributed by atoms with Crippen molar-refractivity contribution in [2.75, 3.05) is 54.1 Å². The molecule has 1 N–H and O–H groups in total. The zero-order valence-corrected chi connectivity index (χ0v) is 35.9. The Morgan fingerprint density at radius 3 is 1.66 bits per heavy atom. The van der Waals surface area contributed by atoms with Crippen molar-refractivity contribution in [1.29, 1.82) is 0 Å². The molecular formula is C44H83NO7P+. The second-order valence-electron chi connectivity index (χ2n) is 15.3. The number of hydrogen-bond donors (Lipinski definition) is 1. The van der Waals surface area contributed by atoms with Crippen LogP contribution in [0.4, 0.5) is 0 Å². The third kappa shape index (κ3) is 41.5. The fraction of sp³-hybridized carbons (Fsp3) is 0.795. The minimum Gasteiger partial charge on any atom is -0.457 e. The Balaban J connectivity index is 4.29. The lowest BCUT2D eigenvalue weighted by Gasteiger charge is -2.24. The first-order valence-corrected chi connectivity index (χ1v) is 22.9. The summed E-state index contributed by atoms with van der Waals surface area (Å²) in [6.45, 7) is 5.44. The number of nitrogens with zero attached hydrogens (tertiary/aromatic N) is 1. The summed E-state index contributed by atoms with van der Waals surface area (Å²) in [5.74, 6) is -0.328. The zero-order chi connectivity index (χ0) is 39.1. The van der Waals surface area contributed by atoms with Gasteiger partial charge in [0, 0.05) is 13.0 Å². The van der Waals surface area contributed by atoms with Crippen molar-refractivity contribution in [3.05, 3.63) is 48.6 Å². The highest BCUT2D eigenvalue weighted by molar-refractivity contribution is 7.47. The van der Waals surface area contributed by atoms with Crippen molar-refractivity contribution >= 4 is 13.8 Å². The molecule has 0 aromatic carbocycles. The number of carbonyl (C=O) groups excluding carboxylic acids is 1. The summed E-state index contributed by atoms with van der Waals surface area (Å²) in [6.07, 6.45) is 44.3. The van der Waals surface area contributed by atoms with Crippen molar-refractivity contribution < 1.29 is 37.3 Å². The third-order valence-electron chi connectivity index (χ3n) is 8.87. The van der Waals surface area contributed by atoms with Crippen LogP contribution in [0.5, 0.6) is 0 Å². The largest absolute Gasteiger partial charge is 0.472 e. The first-order valence-electron chi connectivity index (χ1n) is 21.4. The Morgan fingerprint density at radius 2 is 1.09 bits per heavy atom. The summed E-state index contributed by atoms with van der Waals surface area (Å²) in [7, 11) is 1.64. The molecule has 0 rings (SSSR count). The molecule has 0 bridgehead atoms. The van der Waals surface area contributed by atoms with E-state index in [0.717, 1.165) is 70.6 Å². The summed E-state index contributed by atoms with van der Waals surface area (Å²) in [5, 5.41) is 0. The number of allylic oxidation sites excluding steroid dienone is 8. The van der Waals surface area contributed by atoms with Gasteiger partial charge in [0.2, 0.25) is 0 Å². The van der Waals surface area contributed by atoms with E-state index >= 15 is 0 Å². The van der Waals surface area contributed by atoms with Gasteiger partial charge >= 0.3 is 13.8 Å². The fourth-order valence-electron chi connectivity index (χ4n) is 5.56. The molecule has 0 aliphatic carbocycles. The van der Waals surface area contributed by atoms with Crippen molar-refractivity contribution in [1.82, 2.24) is 0 Å². The van der Waals surface area contributed by atoms with Crippen molar-refractivity contribution in [3.63, 3.8) is 0 Å². The maximum absolute atomic E-state index is 12.7. The maximum Gasteiger partial charge on any atom is 0.472 e. The van der Waals surface area contributed by atoms with E-state index < -0.39 is 13.9 Å². The van der Waals surface area contributed by atoms with Gasteiger partial charge in [0.05, 0.1) is 34.4 Å². The van der Waals surface area contributed by atoms with Crippen molar-refractivity contribution in [3.8, 4) is 0 Å². The van der Waals surface area contributed by atoms with Crippen LogP contribution in [-0.2, 0) is 27.9 Å². The summed E-state index contributed by atoms with van der Waals surface area (Å²) < 4.78 is 34.9. The van der Waals surface area contributed by atoms with Gasteiger partial charge in [0.25, 0.3) is 0 Å². The molecule has 310 valence electrons. The maximum atomic E-state index is 12.7. The molecule has 0 heterocycles. The molecule has 0 radical (unpaired) electrons. The van der Waals surface area contributed by atoms with Gasteiger partial charge in [0.1, 0.15) is 19.3 Å². The van der Waals surface area contributed by atoms with Crippen LogP contribution in [0.1, 0.15) is 168 Å². The smallest absolute Gasteiger partial charge is 0.457 e. The highest BCUT2D eigenvalue weighted by atomic mass is 31.2. The Kier molecular flexibility index (Phi) is 36.3. The van der Waals surface area contributed by atoms with Gasteiger partial charge in [0.15, 0.2) is 0 Å². The highest BCUT2D eigenvalue weighted by Crippen LogP contribution is 2.43. The molecular weight excluding hydrogens is 685 g/mol. The second-order valence-corrected chi connectivity index (χ2v) is 16.8. The summed E-state index contributed by atoms with van der Waals surface area (Å²) >= 11 is 0. The number of quaternary nitrogens is 1. The molecule has 53 heavy (non-hydrogen) atoms. The molecule has 9 heteroatoms. The van der Waals surface area contributed by atoms with Crippen LogP contribution in [0.3, 0.4) is 0 Å². The standard InChI is InChI=1S/C44H82NO7P/c1-6-8-10-12-14-16-18-20-22-23-24-25-27-29-31-33-35-37-44(46)52-43(42-51-53(47,48)50-40-38-45(3,4)5)41-49-39-36-34-32-30-28-26-21-19-17-15-13-11-9-7-2/h9,11,15,17,20-22,26,43H,6-8,10,12-14,16,18-19,23-25,27-42H2,1-5H3/p+1/b11-9-,17-15-,22-20-,26-21-. The minimum atomic E-state index is -4.28. The lowest BCUT2D eigenvalue weighted by atomic mass is 10.1. The topological polar surface area (TPSA) is 91.3 Å². The van der Waals surface area contributed by atoms with E-state index in [1.807, 2.05) is 21.1 Å². The molecule has 0 saturated carbocycles. The van der Waals surface area contributed by atoms with E-state index in [-0.39, 0.29) is 25.8 Å². The number of carbonyl (C=O) groups is 1. The number of phosphoric ester groups is 1. The van der Waals surface area contributed by atoms with Crippen LogP contribution in [0, 0.1) is 0 Å². The molecule has 0 aromatic heterocycles. The Bertz CT molecular complexity index is 989.